The molecule has 0 fully saturated rings. The summed E-state index contributed by atoms with van der Waals surface area (Å²) in [5, 5.41) is 3.92. The Balaban J connectivity index is 1.56. The summed E-state index contributed by atoms with van der Waals surface area (Å²) in [6, 6.07) is 42.7. The highest BCUT2D eigenvalue weighted by molar-refractivity contribution is 7.26. The number of para-hydroxylation sites is 2. The van der Waals surface area contributed by atoms with Crippen LogP contribution in [0.5, 0.6) is 0 Å². The van der Waals surface area contributed by atoms with Crippen molar-refractivity contribution in [1.29, 1.82) is 0 Å². The van der Waals surface area contributed by atoms with Crippen molar-refractivity contribution in [2.24, 2.45) is 0 Å². The summed E-state index contributed by atoms with van der Waals surface area (Å²) in [6.45, 7) is 0. The van der Waals surface area contributed by atoms with E-state index in [0.29, 0.717) is 5.39 Å². The van der Waals surface area contributed by atoms with Crippen LogP contribution < -0.4 is 0 Å². The van der Waals surface area contributed by atoms with Gasteiger partial charge in [0.2, 0.25) is 0 Å². The Kier molecular flexibility index (Phi) is 4.91. The van der Waals surface area contributed by atoms with E-state index in [1.54, 1.807) is 17.4 Å². The Morgan fingerprint density at radius 3 is 2.15 bits per heavy atom. The van der Waals surface area contributed by atoms with Gasteiger partial charge in [-0.05, 0) is 35.9 Å². The standard InChI is InChI=1S/C35H21FN2S/c36-29-21-28(22-11-2-1-3-12-22)33(25-15-5-4-13-23(25)29)38-31-19-8-7-18-30(31)37-35(38)27-17-10-16-26-24-14-6-9-20-32(24)39-34(26)27/h1-21H. The van der Waals surface area contributed by atoms with Gasteiger partial charge in [0, 0.05) is 42.1 Å². The quantitative estimate of drug-likeness (QED) is 0.227. The first kappa shape index (κ1) is 22.2. The van der Waals surface area contributed by atoms with Crippen molar-refractivity contribution >= 4 is 53.3 Å². The number of aromatic nitrogens is 2. The number of halogens is 1. The third-order valence-electron chi connectivity index (χ3n) is 7.48. The smallest absolute Gasteiger partial charge is 0.147 e. The molecule has 0 aliphatic heterocycles. The SMILES string of the molecule is Fc1cc(-c2ccccc2)c(-n2c(-c3cccc4c3sc3ccccc34)nc3ccccc32)c2ccccc12. The Labute approximate surface area is 228 Å². The van der Waals surface area contributed by atoms with Crippen LogP contribution in [0.2, 0.25) is 0 Å². The van der Waals surface area contributed by atoms with Crippen molar-refractivity contribution in [3.63, 3.8) is 0 Å². The number of nitrogens with zero attached hydrogens (tertiary/aromatic N) is 2. The summed E-state index contributed by atoms with van der Waals surface area (Å²) in [4.78, 5) is 5.22. The summed E-state index contributed by atoms with van der Waals surface area (Å²) in [5.41, 5.74) is 5.68. The maximum atomic E-state index is 15.6. The number of rotatable bonds is 3. The minimum atomic E-state index is -0.231. The van der Waals surface area contributed by atoms with Gasteiger partial charge >= 0.3 is 0 Å². The van der Waals surface area contributed by atoms with Crippen LogP contribution in [0.1, 0.15) is 0 Å². The molecule has 8 rings (SSSR count). The maximum Gasteiger partial charge on any atom is 0.147 e. The summed E-state index contributed by atoms with van der Waals surface area (Å²) in [7, 11) is 0. The predicted octanol–water partition coefficient (Wildman–Crippen LogP) is 10.0. The predicted molar refractivity (Wildman–Crippen MR) is 162 cm³/mol. The molecule has 8 aromatic rings. The Bertz CT molecular complexity index is 2190. The van der Waals surface area contributed by atoms with Crippen molar-refractivity contribution in [2.75, 3.05) is 0 Å². The number of hydrogen-bond donors (Lipinski definition) is 0. The van der Waals surface area contributed by atoms with E-state index >= 15 is 4.39 Å². The van der Waals surface area contributed by atoms with Crippen molar-refractivity contribution in [3.05, 3.63) is 133 Å². The fourth-order valence-electron chi connectivity index (χ4n) is 5.75. The molecule has 0 aliphatic rings. The second-order valence-electron chi connectivity index (χ2n) is 9.71. The van der Waals surface area contributed by atoms with Crippen molar-refractivity contribution < 1.29 is 4.39 Å². The molecule has 184 valence electrons. The molecule has 0 spiro atoms. The molecule has 0 saturated heterocycles. The minimum Gasteiger partial charge on any atom is -0.291 e. The molecule has 0 amide bonds. The van der Waals surface area contributed by atoms with Gasteiger partial charge in [-0.1, -0.05) is 97.1 Å². The number of benzene rings is 6. The highest BCUT2D eigenvalue weighted by Gasteiger charge is 2.23. The number of hydrogen-bond acceptors (Lipinski definition) is 2. The van der Waals surface area contributed by atoms with Crippen molar-refractivity contribution in [1.82, 2.24) is 9.55 Å². The van der Waals surface area contributed by atoms with Crippen LogP contribution in [0.15, 0.2) is 127 Å². The molecule has 39 heavy (non-hydrogen) atoms. The number of thiophene rings is 1. The van der Waals surface area contributed by atoms with Gasteiger partial charge in [0.1, 0.15) is 11.6 Å². The molecule has 0 radical (unpaired) electrons. The van der Waals surface area contributed by atoms with Crippen LogP contribution in [0.4, 0.5) is 4.39 Å². The zero-order valence-electron chi connectivity index (χ0n) is 20.8. The molecule has 0 N–H and O–H groups in total. The summed E-state index contributed by atoms with van der Waals surface area (Å²) in [6.07, 6.45) is 0. The fourth-order valence-corrected chi connectivity index (χ4v) is 6.96. The van der Waals surface area contributed by atoms with Gasteiger partial charge in [-0.25, -0.2) is 9.37 Å². The van der Waals surface area contributed by atoms with Crippen LogP contribution in [0.25, 0.3) is 70.2 Å². The average molecular weight is 521 g/mol. The first-order valence-corrected chi connectivity index (χ1v) is 13.7. The van der Waals surface area contributed by atoms with E-state index in [4.69, 9.17) is 4.98 Å². The summed E-state index contributed by atoms with van der Waals surface area (Å²) < 4.78 is 20.3. The van der Waals surface area contributed by atoms with Gasteiger partial charge in [-0.15, -0.1) is 11.3 Å². The van der Waals surface area contributed by atoms with Crippen LogP contribution in [0, 0.1) is 5.82 Å². The second kappa shape index (κ2) is 8.62. The van der Waals surface area contributed by atoms with Crippen LogP contribution in [-0.4, -0.2) is 9.55 Å². The normalized spacial score (nSPS) is 11.7. The Morgan fingerprint density at radius 2 is 1.28 bits per heavy atom. The fraction of sp³-hybridized carbons (Fsp3) is 0. The first-order valence-electron chi connectivity index (χ1n) is 12.9. The van der Waals surface area contributed by atoms with E-state index in [1.807, 2.05) is 72.8 Å². The summed E-state index contributed by atoms with van der Waals surface area (Å²) >= 11 is 1.79. The third kappa shape index (κ3) is 3.35. The Morgan fingerprint density at radius 1 is 0.590 bits per heavy atom. The van der Waals surface area contributed by atoms with E-state index in [0.717, 1.165) is 44.6 Å². The number of fused-ring (bicyclic) bond motifs is 5. The number of imidazole rings is 1. The molecule has 0 unspecified atom stereocenters. The van der Waals surface area contributed by atoms with E-state index in [2.05, 4.69) is 53.1 Å². The molecule has 2 nitrogen and oxygen atoms in total. The van der Waals surface area contributed by atoms with Gasteiger partial charge in [0.15, 0.2) is 0 Å². The molecule has 0 saturated carbocycles. The molecule has 4 heteroatoms. The Hall–Kier alpha value is -4.80. The second-order valence-corrected chi connectivity index (χ2v) is 10.8. The molecule has 0 atom stereocenters. The third-order valence-corrected chi connectivity index (χ3v) is 8.70. The molecular weight excluding hydrogens is 499 g/mol. The highest BCUT2D eigenvalue weighted by Crippen LogP contribution is 2.43. The molecule has 0 aliphatic carbocycles. The molecule has 2 aromatic heterocycles. The van der Waals surface area contributed by atoms with Gasteiger partial charge < -0.3 is 0 Å². The minimum absolute atomic E-state index is 0.231. The van der Waals surface area contributed by atoms with Gasteiger partial charge in [-0.2, -0.15) is 0 Å². The van der Waals surface area contributed by atoms with Crippen molar-refractivity contribution in [2.45, 2.75) is 0 Å². The lowest BCUT2D eigenvalue weighted by molar-refractivity contribution is 0.640. The lowest BCUT2D eigenvalue weighted by Gasteiger charge is -2.18. The van der Waals surface area contributed by atoms with Crippen molar-refractivity contribution in [3.8, 4) is 28.2 Å². The zero-order chi connectivity index (χ0) is 25.9. The van der Waals surface area contributed by atoms with E-state index < -0.39 is 0 Å². The maximum absolute atomic E-state index is 15.6. The van der Waals surface area contributed by atoms with Gasteiger partial charge in [-0.3, -0.25) is 4.57 Å². The van der Waals surface area contributed by atoms with Crippen LogP contribution in [-0.2, 0) is 0 Å². The monoisotopic (exact) mass is 520 g/mol. The van der Waals surface area contributed by atoms with Gasteiger partial charge in [0.05, 0.1) is 16.7 Å². The first-order chi connectivity index (χ1) is 19.3. The topological polar surface area (TPSA) is 17.8 Å². The molecule has 6 aromatic carbocycles. The molecular formula is C35H21FN2S. The van der Waals surface area contributed by atoms with Crippen LogP contribution in [0.3, 0.4) is 0 Å². The lowest BCUT2D eigenvalue weighted by Crippen LogP contribution is -2.03. The molecule has 2 heterocycles. The highest BCUT2D eigenvalue weighted by atomic mass is 32.1. The van der Waals surface area contributed by atoms with Gasteiger partial charge in [0.25, 0.3) is 0 Å². The summed E-state index contributed by atoms with van der Waals surface area (Å²) in [5.74, 6) is 0.619. The van der Waals surface area contributed by atoms with E-state index in [1.165, 1.54) is 20.2 Å². The largest absolute Gasteiger partial charge is 0.291 e. The van der Waals surface area contributed by atoms with E-state index in [9.17, 15) is 0 Å². The van der Waals surface area contributed by atoms with Crippen LogP contribution >= 0.6 is 11.3 Å². The van der Waals surface area contributed by atoms with E-state index in [-0.39, 0.29) is 5.82 Å². The average Bonchev–Trinajstić information content (AvgIpc) is 3.56. The zero-order valence-corrected chi connectivity index (χ0v) is 21.6. The molecule has 0 bridgehead atoms. The lowest BCUT2D eigenvalue weighted by atomic mass is 9.97.